The minimum Gasteiger partial charge on any atom is -0.376 e. The van der Waals surface area contributed by atoms with E-state index in [0.717, 1.165) is 18.6 Å². The lowest BCUT2D eigenvalue weighted by atomic mass is 10.0. The van der Waals surface area contributed by atoms with Crippen LogP contribution in [-0.2, 0) is 16.1 Å². The monoisotopic (exact) mass is 424 g/mol. The van der Waals surface area contributed by atoms with E-state index in [1.807, 2.05) is 61.5 Å². The highest BCUT2D eigenvalue weighted by molar-refractivity contribution is 6.08. The van der Waals surface area contributed by atoms with Gasteiger partial charge >= 0.3 is 0 Å². The fourth-order valence-corrected chi connectivity index (χ4v) is 3.77. The summed E-state index contributed by atoms with van der Waals surface area (Å²) in [6.07, 6.45) is 11.9. The second kappa shape index (κ2) is 15.8. The molecule has 2 aromatic rings. The summed E-state index contributed by atoms with van der Waals surface area (Å²) >= 11 is 0. The Labute approximate surface area is 189 Å². The third-order valence-corrected chi connectivity index (χ3v) is 5.61. The van der Waals surface area contributed by atoms with Gasteiger partial charge in [0.15, 0.2) is 5.78 Å². The van der Waals surface area contributed by atoms with Crippen molar-refractivity contribution in [3.63, 3.8) is 0 Å². The van der Waals surface area contributed by atoms with Crippen LogP contribution in [0.25, 0.3) is 0 Å². The fraction of sp³-hybridized carbons (Fsp3) is 0.536. The summed E-state index contributed by atoms with van der Waals surface area (Å²) in [7, 11) is 0. The van der Waals surface area contributed by atoms with Gasteiger partial charge in [0.2, 0.25) is 0 Å². The molecule has 0 heterocycles. The molecule has 0 aliphatic heterocycles. The van der Waals surface area contributed by atoms with Gasteiger partial charge in [-0.15, -0.1) is 0 Å². The van der Waals surface area contributed by atoms with Crippen molar-refractivity contribution < 1.29 is 14.3 Å². The first-order valence-electron chi connectivity index (χ1n) is 12.1. The zero-order valence-electron chi connectivity index (χ0n) is 19.5. The molecule has 0 saturated carbocycles. The van der Waals surface area contributed by atoms with Crippen molar-refractivity contribution in [1.82, 2.24) is 0 Å². The quantitative estimate of drug-likeness (QED) is 0.196. The smallest absolute Gasteiger partial charge is 0.193 e. The van der Waals surface area contributed by atoms with E-state index in [4.69, 9.17) is 9.47 Å². The van der Waals surface area contributed by atoms with E-state index in [1.165, 1.54) is 51.4 Å². The van der Waals surface area contributed by atoms with Crippen molar-refractivity contribution in [3.8, 4) is 0 Å². The number of hydrogen-bond donors (Lipinski definition) is 0. The maximum Gasteiger partial charge on any atom is 0.193 e. The highest BCUT2D eigenvalue weighted by Gasteiger charge is 2.10. The molecule has 0 spiro atoms. The van der Waals surface area contributed by atoms with Crippen LogP contribution in [0.3, 0.4) is 0 Å². The predicted octanol–water partition coefficient (Wildman–Crippen LogP) is 7.37. The van der Waals surface area contributed by atoms with Crippen LogP contribution in [0.4, 0.5) is 0 Å². The average Bonchev–Trinajstić information content (AvgIpc) is 2.81. The molecule has 0 aromatic heterocycles. The van der Waals surface area contributed by atoms with Gasteiger partial charge in [0.1, 0.15) is 0 Å². The van der Waals surface area contributed by atoms with Crippen LogP contribution in [0.5, 0.6) is 0 Å². The number of hydrogen-bond acceptors (Lipinski definition) is 3. The highest BCUT2D eigenvalue weighted by atomic mass is 16.5. The molecule has 0 amide bonds. The number of unbranched alkanes of at least 4 members (excludes halogenated alkanes) is 7. The van der Waals surface area contributed by atoms with Gasteiger partial charge in [0.25, 0.3) is 0 Å². The van der Waals surface area contributed by atoms with Crippen molar-refractivity contribution in [2.24, 2.45) is 0 Å². The third kappa shape index (κ3) is 10.3. The van der Waals surface area contributed by atoms with E-state index >= 15 is 0 Å². The molecule has 0 aliphatic carbocycles. The van der Waals surface area contributed by atoms with Gasteiger partial charge in [-0.25, -0.2) is 0 Å². The summed E-state index contributed by atoms with van der Waals surface area (Å²) in [6, 6.07) is 17.1. The molecular formula is C28H40O3. The zero-order valence-corrected chi connectivity index (χ0v) is 19.5. The molecule has 1 atom stereocenters. The van der Waals surface area contributed by atoms with Gasteiger partial charge in [-0.3, -0.25) is 4.79 Å². The maximum atomic E-state index is 12.5. The third-order valence-electron chi connectivity index (χ3n) is 5.61. The lowest BCUT2D eigenvalue weighted by Gasteiger charge is -2.17. The Bertz CT molecular complexity index is 709. The summed E-state index contributed by atoms with van der Waals surface area (Å²) < 4.78 is 11.8. The molecule has 0 fully saturated rings. The Morgan fingerprint density at radius 3 is 2.03 bits per heavy atom. The van der Waals surface area contributed by atoms with Gasteiger partial charge in [-0.1, -0.05) is 113 Å². The number of benzene rings is 2. The normalized spacial score (nSPS) is 12.1. The molecule has 2 aromatic carbocycles. The van der Waals surface area contributed by atoms with Crippen LogP contribution in [-0.4, -0.2) is 25.1 Å². The summed E-state index contributed by atoms with van der Waals surface area (Å²) in [6.45, 7) is 6.19. The van der Waals surface area contributed by atoms with E-state index in [-0.39, 0.29) is 11.9 Å². The second-order valence-corrected chi connectivity index (χ2v) is 8.25. The van der Waals surface area contributed by atoms with Crippen LogP contribution in [0.15, 0.2) is 54.6 Å². The minimum atomic E-state index is 0.0508. The Hall–Kier alpha value is -1.97. The first-order chi connectivity index (χ1) is 15.2. The topological polar surface area (TPSA) is 35.5 Å². The van der Waals surface area contributed by atoms with E-state index in [9.17, 15) is 4.79 Å². The van der Waals surface area contributed by atoms with Gasteiger partial charge in [-0.05, 0) is 18.9 Å². The molecule has 0 bridgehead atoms. The SMILES string of the molecule is CCCCCCCCCCC(COCc1ccc(C(=O)c2ccccc2)cc1)OCC. The number of carbonyl (C=O) groups is 1. The molecule has 0 aliphatic rings. The predicted molar refractivity (Wildman–Crippen MR) is 129 cm³/mol. The standard InChI is InChI=1S/C28H40O3/c1-3-5-6-7-8-9-10-14-17-27(31-4-2)23-30-22-24-18-20-26(21-19-24)28(29)25-15-12-11-13-16-25/h11-13,15-16,18-21,27H,3-10,14,17,22-23H2,1-2H3. The van der Waals surface area contributed by atoms with E-state index in [2.05, 4.69) is 6.92 Å². The zero-order chi connectivity index (χ0) is 22.2. The van der Waals surface area contributed by atoms with Crippen molar-refractivity contribution in [2.45, 2.75) is 84.3 Å². The number of ketones is 1. The van der Waals surface area contributed by atoms with Crippen LogP contribution in [0.1, 0.15) is 93.1 Å². The van der Waals surface area contributed by atoms with Crippen LogP contribution in [0, 0.1) is 0 Å². The van der Waals surface area contributed by atoms with Crippen molar-refractivity contribution >= 4 is 5.78 Å². The largest absolute Gasteiger partial charge is 0.376 e. The van der Waals surface area contributed by atoms with Gasteiger partial charge in [0.05, 0.1) is 19.3 Å². The van der Waals surface area contributed by atoms with Crippen molar-refractivity contribution in [1.29, 1.82) is 0 Å². The Morgan fingerprint density at radius 1 is 0.774 bits per heavy atom. The van der Waals surface area contributed by atoms with Gasteiger partial charge < -0.3 is 9.47 Å². The lowest BCUT2D eigenvalue weighted by molar-refractivity contribution is -0.0218. The Morgan fingerprint density at radius 2 is 1.39 bits per heavy atom. The molecule has 0 saturated heterocycles. The Kier molecular flexibility index (Phi) is 12.9. The molecule has 0 radical (unpaired) electrons. The number of rotatable bonds is 17. The van der Waals surface area contributed by atoms with Crippen LogP contribution >= 0.6 is 0 Å². The molecule has 3 nitrogen and oxygen atoms in total. The number of carbonyl (C=O) groups excluding carboxylic acids is 1. The second-order valence-electron chi connectivity index (χ2n) is 8.25. The van der Waals surface area contributed by atoms with Crippen LogP contribution in [0.2, 0.25) is 0 Å². The van der Waals surface area contributed by atoms with Gasteiger partial charge in [-0.2, -0.15) is 0 Å². The summed E-state index contributed by atoms with van der Waals surface area (Å²) in [5.74, 6) is 0.0508. The summed E-state index contributed by atoms with van der Waals surface area (Å²) in [4.78, 5) is 12.5. The minimum absolute atomic E-state index is 0.0508. The van der Waals surface area contributed by atoms with Crippen molar-refractivity contribution in [2.75, 3.05) is 13.2 Å². The van der Waals surface area contributed by atoms with Crippen molar-refractivity contribution in [3.05, 3.63) is 71.3 Å². The summed E-state index contributed by atoms with van der Waals surface area (Å²) in [5, 5.41) is 0. The van der Waals surface area contributed by atoms with Gasteiger partial charge in [0, 0.05) is 17.7 Å². The molecule has 2 rings (SSSR count). The molecule has 3 heteroatoms. The molecule has 1 unspecified atom stereocenters. The summed E-state index contributed by atoms with van der Waals surface area (Å²) in [5.41, 5.74) is 2.50. The van der Waals surface area contributed by atoms with Crippen LogP contribution < -0.4 is 0 Å². The van der Waals surface area contributed by atoms with E-state index < -0.39 is 0 Å². The number of ether oxygens (including phenoxy) is 2. The maximum absolute atomic E-state index is 12.5. The first-order valence-corrected chi connectivity index (χ1v) is 12.1. The first kappa shape index (κ1) is 25.3. The fourth-order valence-electron chi connectivity index (χ4n) is 3.77. The van der Waals surface area contributed by atoms with E-state index in [1.54, 1.807) is 0 Å². The molecular weight excluding hydrogens is 384 g/mol. The molecule has 170 valence electrons. The molecule has 0 N–H and O–H groups in total. The Balaban J connectivity index is 1.66. The highest BCUT2D eigenvalue weighted by Crippen LogP contribution is 2.14. The average molecular weight is 425 g/mol. The molecule has 31 heavy (non-hydrogen) atoms. The lowest BCUT2D eigenvalue weighted by Crippen LogP contribution is -2.20. The van der Waals surface area contributed by atoms with E-state index in [0.29, 0.717) is 24.3 Å².